The topological polar surface area (TPSA) is 52.7 Å². The van der Waals surface area contributed by atoms with Crippen molar-refractivity contribution >= 4 is 33.5 Å². The zero-order chi connectivity index (χ0) is 21.0. The van der Waals surface area contributed by atoms with E-state index in [0.29, 0.717) is 23.6 Å². The van der Waals surface area contributed by atoms with E-state index in [1.54, 1.807) is 4.57 Å². The number of imidazole rings is 1. The number of fused-ring (bicyclic) bond motifs is 2. The average Bonchev–Trinajstić information content (AvgIpc) is 3.57. The molecule has 0 bridgehead atoms. The number of halogens is 1. The molecule has 4 aromatic rings. The molecule has 0 saturated heterocycles. The molecular formula is C23H27ClN4O. The molecule has 1 saturated carbocycles. The quantitative estimate of drug-likeness (QED) is 0.399. The predicted octanol–water partition coefficient (Wildman–Crippen LogP) is 5.84. The van der Waals surface area contributed by atoms with E-state index in [1.165, 1.54) is 0 Å². The predicted molar refractivity (Wildman–Crippen MR) is 121 cm³/mol. The second-order valence-electron chi connectivity index (χ2n) is 6.41. The van der Waals surface area contributed by atoms with E-state index in [9.17, 15) is 4.79 Å². The summed E-state index contributed by atoms with van der Waals surface area (Å²) >= 11 is 6.31. The molecule has 0 spiro atoms. The number of nitrogens with zero attached hydrogens (tertiary/aromatic N) is 4. The lowest BCUT2D eigenvalue weighted by atomic mass is 10.2. The highest BCUT2D eigenvalue weighted by Crippen LogP contribution is 2.36. The van der Waals surface area contributed by atoms with E-state index >= 15 is 0 Å². The van der Waals surface area contributed by atoms with Gasteiger partial charge >= 0.3 is 5.69 Å². The second-order valence-corrected chi connectivity index (χ2v) is 6.76. The molecule has 29 heavy (non-hydrogen) atoms. The van der Waals surface area contributed by atoms with Gasteiger partial charge in [0.1, 0.15) is 5.15 Å². The summed E-state index contributed by atoms with van der Waals surface area (Å²) in [7, 11) is 0. The Balaban J connectivity index is 0.000000568. The Morgan fingerprint density at radius 3 is 2.24 bits per heavy atom. The molecular weight excluding hydrogens is 384 g/mol. The van der Waals surface area contributed by atoms with Crippen LogP contribution in [0.2, 0.25) is 5.15 Å². The molecule has 5 nitrogen and oxygen atoms in total. The Kier molecular flexibility index (Phi) is 6.70. The van der Waals surface area contributed by atoms with Crippen LogP contribution < -0.4 is 5.69 Å². The first kappa shape index (κ1) is 21.1. The van der Waals surface area contributed by atoms with E-state index in [4.69, 9.17) is 11.6 Å². The third-order valence-corrected chi connectivity index (χ3v) is 4.97. The van der Waals surface area contributed by atoms with Crippen LogP contribution in [-0.2, 0) is 6.54 Å². The smallest absolute Gasteiger partial charge is 0.289 e. The third-order valence-electron chi connectivity index (χ3n) is 4.68. The van der Waals surface area contributed by atoms with Crippen molar-refractivity contribution in [2.45, 2.75) is 53.1 Å². The maximum atomic E-state index is 13.0. The van der Waals surface area contributed by atoms with Gasteiger partial charge in [-0.1, -0.05) is 63.6 Å². The second kappa shape index (κ2) is 9.23. The Bertz CT molecular complexity index is 1170. The summed E-state index contributed by atoms with van der Waals surface area (Å²) in [5.41, 5.74) is 2.67. The van der Waals surface area contributed by atoms with Crippen molar-refractivity contribution in [1.82, 2.24) is 19.1 Å². The molecule has 5 rings (SSSR count). The lowest BCUT2D eigenvalue weighted by Crippen LogP contribution is -2.24. The molecule has 6 heteroatoms. The van der Waals surface area contributed by atoms with Crippen LogP contribution in [-0.4, -0.2) is 19.1 Å². The van der Waals surface area contributed by atoms with Gasteiger partial charge < -0.3 is 0 Å². The van der Waals surface area contributed by atoms with E-state index in [1.807, 2.05) is 80.8 Å². The fraction of sp³-hybridized carbons (Fsp3) is 0.348. The molecule has 2 aromatic carbocycles. The summed E-state index contributed by atoms with van der Waals surface area (Å²) in [5.74, 6) is 0.546. The van der Waals surface area contributed by atoms with Crippen LogP contribution in [0.3, 0.4) is 0 Å². The minimum Gasteiger partial charge on any atom is -0.289 e. The summed E-state index contributed by atoms with van der Waals surface area (Å²) in [4.78, 5) is 21.9. The van der Waals surface area contributed by atoms with Gasteiger partial charge in [0.05, 0.1) is 23.1 Å². The minimum absolute atomic E-state index is 0.00317. The van der Waals surface area contributed by atoms with E-state index in [0.717, 1.165) is 34.8 Å². The van der Waals surface area contributed by atoms with E-state index < -0.39 is 0 Å². The Morgan fingerprint density at radius 2 is 1.55 bits per heavy atom. The molecule has 0 radical (unpaired) electrons. The van der Waals surface area contributed by atoms with Crippen LogP contribution in [0.1, 0.15) is 52.4 Å². The monoisotopic (exact) mass is 410 g/mol. The number of rotatable bonds is 3. The van der Waals surface area contributed by atoms with E-state index in [-0.39, 0.29) is 5.69 Å². The van der Waals surface area contributed by atoms with E-state index in [2.05, 4.69) is 9.97 Å². The number of para-hydroxylation sites is 3. The Hall–Kier alpha value is -2.66. The van der Waals surface area contributed by atoms with Gasteiger partial charge in [0.25, 0.3) is 0 Å². The van der Waals surface area contributed by atoms with Crippen LogP contribution in [0.5, 0.6) is 0 Å². The molecule has 0 atom stereocenters. The Labute approximate surface area is 176 Å². The van der Waals surface area contributed by atoms with Crippen molar-refractivity contribution in [3.63, 3.8) is 0 Å². The fourth-order valence-corrected chi connectivity index (χ4v) is 3.62. The summed E-state index contributed by atoms with van der Waals surface area (Å²) in [6, 6.07) is 15.8. The highest BCUT2D eigenvalue weighted by atomic mass is 35.5. The normalized spacial score (nSPS) is 12.9. The van der Waals surface area contributed by atoms with Gasteiger partial charge in [0, 0.05) is 11.4 Å². The number of hydrogen-bond donors (Lipinski definition) is 0. The number of aromatic nitrogens is 4. The molecule has 0 amide bonds. The summed E-state index contributed by atoms with van der Waals surface area (Å²) in [5, 5.41) is 1.24. The zero-order valence-corrected chi connectivity index (χ0v) is 18.1. The van der Waals surface area contributed by atoms with Gasteiger partial charge in [-0.3, -0.25) is 9.13 Å². The summed E-state index contributed by atoms with van der Waals surface area (Å²) < 4.78 is 3.64. The SMILES string of the molecule is CC.CC.O=c1n(Cc2nc(Cl)c3ccccc3n2)c2ccccc2n1C1CC1. The van der Waals surface area contributed by atoms with Crippen LogP contribution in [0.4, 0.5) is 0 Å². The van der Waals surface area contributed by atoms with Gasteiger partial charge in [0.15, 0.2) is 5.82 Å². The molecule has 1 aliphatic carbocycles. The molecule has 2 aromatic heterocycles. The molecule has 1 fully saturated rings. The summed E-state index contributed by atoms with van der Waals surface area (Å²) in [6.45, 7) is 8.31. The number of hydrogen-bond acceptors (Lipinski definition) is 3. The molecule has 0 N–H and O–H groups in total. The van der Waals surface area contributed by atoms with Gasteiger partial charge in [-0.2, -0.15) is 0 Å². The molecule has 2 heterocycles. The largest absolute Gasteiger partial charge is 0.329 e. The lowest BCUT2D eigenvalue weighted by Gasteiger charge is -2.05. The van der Waals surface area contributed by atoms with Gasteiger partial charge in [-0.05, 0) is 37.1 Å². The molecule has 0 aliphatic heterocycles. The van der Waals surface area contributed by atoms with Gasteiger partial charge in [-0.25, -0.2) is 14.8 Å². The highest BCUT2D eigenvalue weighted by Gasteiger charge is 2.28. The van der Waals surface area contributed by atoms with Crippen molar-refractivity contribution in [3.05, 3.63) is 70.0 Å². The zero-order valence-electron chi connectivity index (χ0n) is 17.4. The van der Waals surface area contributed by atoms with Crippen LogP contribution >= 0.6 is 11.6 Å². The fourth-order valence-electron chi connectivity index (χ4n) is 3.37. The first-order chi connectivity index (χ1) is 14.2. The van der Waals surface area contributed by atoms with Crippen molar-refractivity contribution in [2.24, 2.45) is 0 Å². The van der Waals surface area contributed by atoms with Gasteiger partial charge in [0.2, 0.25) is 0 Å². The van der Waals surface area contributed by atoms with Crippen molar-refractivity contribution < 1.29 is 0 Å². The van der Waals surface area contributed by atoms with Crippen molar-refractivity contribution in [3.8, 4) is 0 Å². The number of benzene rings is 2. The molecule has 152 valence electrons. The minimum atomic E-state index is -0.00317. The maximum Gasteiger partial charge on any atom is 0.329 e. The third kappa shape index (κ3) is 4.06. The highest BCUT2D eigenvalue weighted by molar-refractivity contribution is 6.34. The maximum absolute atomic E-state index is 13.0. The van der Waals surface area contributed by atoms with Crippen molar-refractivity contribution in [1.29, 1.82) is 0 Å². The Morgan fingerprint density at radius 1 is 0.931 bits per heavy atom. The lowest BCUT2D eigenvalue weighted by molar-refractivity contribution is 0.659. The van der Waals surface area contributed by atoms with Crippen LogP contribution in [0.15, 0.2) is 53.3 Å². The summed E-state index contributed by atoms with van der Waals surface area (Å²) in [6.07, 6.45) is 2.12. The first-order valence-corrected chi connectivity index (χ1v) is 10.7. The van der Waals surface area contributed by atoms with Crippen molar-refractivity contribution in [2.75, 3.05) is 0 Å². The van der Waals surface area contributed by atoms with Gasteiger partial charge in [-0.15, -0.1) is 0 Å². The molecule has 0 unspecified atom stereocenters. The van der Waals surface area contributed by atoms with Crippen LogP contribution in [0.25, 0.3) is 21.9 Å². The standard InChI is InChI=1S/C19H15ClN4O.2C2H6/c20-18-13-5-1-2-6-14(13)21-17(22-18)11-23-15-7-3-4-8-16(15)24(19(23)25)12-9-10-12;2*1-2/h1-8,12H,9-11H2;2*1-2H3. The molecule has 1 aliphatic rings. The average molecular weight is 411 g/mol. The first-order valence-electron chi connectivity index (χ1n) is 10.3. The van der Waals surface area contributed by atoms with Crippen LogP contribution in [0, 0.1) is 0 Å².